The van der Waals surface area contributed by atoms with Crippen LogP contribution in [0.3, 0.4) is 0 Å². The van der Waals surface area contributed by atoms with Gasteiger partial charge in [-0.05, 0) is 48.4 Å². The fourth-order valence-electron chi connectivity index (χ4n) is 3.65. The summed E-state index contributed by atoms with van der Waals surface area (Å²) in [7, 11) is 0. The third-order valence-corrected chi connectivity index (χ3v) is 5.61. The molecule has 10 heteroatoms. The van der Waals surface area contributed by atoms with Crippen LogP contribution in [0.2, 0.25) is 0 Å². The number of carboxylic acids is 1. The molecule has 0 bridgehead atoms. The standard InChI is InChI=1S/C26H25N5O5/c1-2-11-27-21-22(24(33)23(21)32)30-19(26(35)36)14-16-5-8-18(9-6-16)29-25(34)17-7-10-20(28-15-17)31-12-3-4-13-31/h3-10,12-13,15,19,27,30H,2,11,14H2,1H3,(H,29,34)(H,35,36)/t19-/m0/s1. The van der Waals surface area contributed by atoms with E-state index >= 15 is 0 Å². The second-order valence-corrected chi connectivity index (χ2v) is 8.22. The van der Waals surface area contributed by atoms with Gasteiger partial charge in [0.1, 0.15) is 23.2 Å². The predicted molar refractivity (Wildman–Crippen MR) is 137 cm³/mol. The molecule has 0 spiro atoms. The SMILES string of the molecule is CCCNc1c(N[C@@H](Cc2ccc(NC(=O)c3ccc(-n4cccc4)nc3)cc2)C(=O)O)c(=O)c1=O. The Bertz CT molecular complexity index is 1420. The van der Waals surface area contributed by atoms with Crippen LogP contribution >= 0.6 is 0 Å². The maximum Gasteiger partial charge on any atom is 0.326 e. The third kappa shape index (κ3) is 5.33. The molecule has 0 saturated heterocycles. The maximum absolute atomic E-state index is 12.6. The van der Waals surface area contributed by atoms with Gasteiger partial charge in [0.2, 0.25) is 0 Å². The van der Waals surface area contributed by atoms with Crippen LogP contribution in [0.4, 0.5) is 17.1 Å². The smallest absolute Gasteiger partial charge is 0.326 e. The lowest BCUT2D eigenvalue weighted by atomic mass is 10.0. The second-order valence-electron chi connectivity index (χ2n) is 8.22. The fourth-order valence-corrected chi connectivity index (χ4v) is 3.65. The van der Waals surface area contributed by atoms with Gasteiger partial charge in [0.25, 0.3) is 16.8 Å². The fraction of sp³-hybridized carbons (Fsp3) is 0.192. The van der Waals surface area contributed by atoms with E-state index in [1.54, 1.807) is 36.4 Å². The molecule has 1 atom stereocenters. The quantitative estimate of drug-likeness (QED) is 0.237. The number of aromatic nitrogens is 2. The Labute approximate surface area is 206 Å². The molecule has 4 rings (SSSR count). The first kappa shape index (κ1) is 24.4. The number of aliphatic carboxylic acids is 1. The van der Waals surface area contributed by atoms with Crippen molar-refractivity contribution in [1.29, 1.82) is 0 Å². The van der Waals surface area contributed by atoms with Gasteiger partial charge in [0.15, 0.2) is 0 Å². The molecule has 0 aliphatic carbocycles. The van der Waals surface area contributed by atoms with Crippen LogP contribution in [0.15, 0.2) is 76.7 Å². The minimum absolute atomic E-state index is 0.00105. The van der Waals surface area contributed by atoms with Crippen LogP contribution < -0.4 is 26.8 Å². The van der Waals surface area contributed by atoms with Crippen LogP contribution in [-0.4, -0.2) is 39.1 Å². The van der Waals surface area contributed by atoms with E-state index in [0.717, 1.165) is 6.42 Å². The number of hydrogen-bond acceptors (Lipinski definition) is 7. The van der Waals surface area contributed by atoms with Gasteiger partial charge >= 0.3 is 5.97 Å². The highest BCUT2D eigenvalue weighted by Crippen LogP contribution is 2.19. The van der Waals surface area contributed by atoms with E-state index in [2.05, 4.69) is 20.9 Å². The molecule has 2 aromatic heterocycles. The Hall–Kier alpha value is -4.73. The molecule has 0 saturated carbocycles. The largest absolute Gasteiger partial charge is 0.480 e. The zero-order valence-corrected chi connectivity index (χ0v) is 19.5. The second kappa shape index (κ2) is 10.7. The van der Waals surface area contributed by atoms with Gasteiger partial charge in [0.05, 0.1) is 5.56 Å². The van der Waals surface area contributed by atoms with Crippen LogP contribution in [0, 0.1) is 0 Å². The van der Waals surface area contributed by atoms with Gasteiger partial charge in [-0.3, -0.25) is 14.4 Å². The van der Waals surface area contributed by atoms with Crippen molar-refractivity contribution in [3.05, 3.63) is 98.7 Å². The lowest BCUT2D eigenvalue weighted by Gasteiger charge is -2.20. The highest BCUT2D eigenvalue weighted by atomic mass is 16.4. The van der Waals surface area contributed by atoms with Crippen molar-refractivity contribution in [1.82, 2.24) is 9.55 Å². The molecule has 0 aliphatic rings. The summed E-state index contributed by atoms with van der Waals surface area (Å²) in [6.45, 7) is 2.41. The number of nitrogens with one attached hydrogen (secondary N) is 3. The zero-order chi connectivity index (χ0) is 25.7. The first-order valence-electron chi connectivity index (χ1n) is 11.4. The Balaban J connectivity index is 1.38. The number of nitrogens with zero attached hydrogens (tertiary/aromatic N) is 2. The first-order valence-corrected chi connectivity index (χ1v) is 11.4. The molecule has 4 aromatic rings. The van der Waals surface area contributed by atoms with Crippen molar-refractivity contribution in [2.45, 2.75) is 25.8 Å². The van der Waals surface area contributed by atoms with Crippen molar-refractivity contribution in [2.75, 3.05) is 22.5 Å². The normalized spacial score (nSPS) is 11.7. The van der Waals surface area contributed by atoms with Crippen molar-refractivity contribution in [2.24, 2.45) is 0 Å². The first-order chi connectivity index (χ1) is 17.4. The molecule has 1 amide bonds. The topological polar surface area (TPSA) is 142 Å². The van der Waals surface area contributed by atoms with Crippen molar-refractivity contribution < 1.29 is 14.7 Å². The Kier molecular flexibility index (Phi) is 7.24. The summed E-state index contributed by atoms with van der Waals surface area (Å²) in [5.74, 6) is -0.788. The third-order valence-electron chi connectivity index (χ3n) is 5.61. The van der Waals surface area contributed by atoms with E-state index < -0.39 is 22.9 Å². The number of carboxylic acid groups (broad SMARTS) is 1. The minimum atomic E-state index is -1.15. The van der Waals surface area contributed by atoms with E-state index in [9.17, 15) is 24.3 Å². The molecule has 4 N–H and O–H groups in total. The van der Waals surface area contributed by atoms with Crippen LogP contribution in [0.1, 0.15) is 29.3 Å². The van der Waals surface area contributed by atoms with Gasteiger partial charge in [-0.25, -0.2) is 9.78 Å². The van der Waals surface area contributed by atoms with Crippen molar-refractivity contribution in [3.8, 4) is 5.82 Å². The lowest BCUT2D eigenvalue weighted by molar-refractivity contribution is -0.137. The summed E-state index contributed by atoms with van der Waals surface area (Å²) in [4.78, 5) is 52.4. The number of benzene rings is 1. The molecule has 0 aliphatic heterocycles. The van der Waals surface area contributed by atoms with Crippen molar-refractivity contribution >= 4 is 28.9 Å². The number of carbonyl (C=O) groups is 2. The highest BCUT2D eigenvalue weighted by molar-refractivity contribution is 6.04. The number of hydrogen-bond donors (Lipinski definition) is 4. The molecule has 0 unspecified atom stereocenters. The number of anilines is 3. The average Bonchev–Trinajstić information content (AvgIpc) is 3.43. The molecular formula is C26H25N5O5. The maximum atomic E-state index is 12.6. The molecule has 10 nitrogen and oxygen atoms in total. The summed E-state index contributed by atoms with van der Waals surface area (Å²) >= 11 is 0. The lowest BCUT2D eigenvalue weighted by Crippen LogP contribution is -2.42. The highest BCUT2D eigenvalue weighted by Gasteiger charge is 2.26. The predicted octanol–water partition coefficient (Wildman–Crippen LogP) is 2.65. The minimum Gasteiger partial charge on any atom is -0.480 e. The Morgan fingerprint density at radius 2 is 1.69 bits per heavy atom. The van der Waals surface area contributed by atoms with E-state index in [1.807, 2.05) is 36.0 Å². The van der Waals surface area contributed by atoms with Crippen LogP contribution in [0.25, 0.3) is 5.82 Å². The molecule has 0 radical (unpaired) electrons. The molecule has 36 heavy (non-hydrogen) atoms. The van der Waals surface area contributed by atoms with Crippen LogP contribution in [-0.2, 0) is 11.2 Å². The van der Waals surface area contributed by atoms with E-state index in [4.69, 9.17) is 0 Å². The van der Waals surface area contributed by atoms with Gasteiger partial charge in [-0.15, -0.1) is 0 Å². The van der Waals surface area contributed by atoms with Crippen molar-refractivity contribution in [3.63, 3.8) is 0 Å². The van der Waals surface area contributed by atoms with E-state index in [1.165, 1.54) is 6.20 Å². The number of pyridine rings is 1. The molecule has 2 heterocycles. The van der Waals surface area contributed by atoms with Gasteiger partial charge in [-0.2, -0.15) is 0 Å². The van der Waals surface area contributed by atoms with Gasteiger partial charge < -0.3 is 25.6 Å². The average molecular weight is 488 g/mol. The van der Waals surface area contributed by atoms with E-state index in [0.29, 0.717) is 29.2 Å². The Morgan fingerprint density at radius 3 is 2.31 bits per heavy atom. The molecular weight excluding hydrogens is 462 g/mol. The molecule has 0 fully saturated rings. The zero-order valence-electron chi connectivity index (χ0n) is 19.5. The number of rotatable bonds is 11. The summed E-state index contributed by atoms with van der Waals surface area (Å²) < 4.78 is 1.83. The number of amides is 1. The molecule has 184 valence electrons. The summed E-state index contributed by atoms with van der Waals surface area (Å²) in [5.41, 5.74) is 0.353. The van der Waals surface area contributed by atoms with Gasteiger partial charge in [-0.1, -0.05) is 19.1 Å². The van der Waals surface area contributed by atoms with Crippen LogP contribution in [0.5, 0.6) is 0 Å². The monoisotopic (exact) mass is 487 g/mol. The summed E-state index contributed by atoms with van der Waals surface area (Å²) in [6.07, 6.45) is 6.03. The summed E-state index contributed by atoms with van der Waals surface area (Å²) in [6, 6.07) is 12.8. The Morgan fingerprint density at radius 1 is 1.00 bits per heavy atom. The summed E-state index contributed by atoms with van der Waals surface area (Å²) in [5, 5.41) is 18.0. The number of carbonyl (C=O) groups excluding carboxylic acids is 1. The van der Waals surface area contributed by atoms with E-state index in [-0.39, 0.29) is 23.7 Å². The molecule has 2 aromatic carbocycles. The van der Waals surface area contributed by atoms with Gasteiger partial charge in [0, 0.05) is 37.2 Å².